The summed E-state index contributed by atoms with van der Waals surface area (Å²) < 4.78 is 33.7. The zero-order valence-corrected chi connectivity index (χ0v) is 21.9. The Labute approximate surface area is 186 Å². The molecule has 1 fully saturated rings. The van der Waals surface area contributed by atoms with Gasteiger partial charge in [0.25, 0.3) is 16.0 Å². The molecule has 0 spiro atoms. The van der Waals surface area contributed by atoms with Crippen LogP contribution in [-0.4, -0.2) is 65.9 Å². The summed E-state index contributed by atoms with van der Waals surface area (Å²) in [5.41, 5.74) is 0.251. The molecule has 2 unspecified atom stereocenters. The highest BCUT2D eigenvalue weighted by Crippen LogP contribution is 2.30. The molecule has 2 heterocycles. The van der Waals surface area contributed by atoms with Gasteiger partial charge in [-0.05, 0) is 24.4 Å². The Morgan fingerprint density at radius 3 is 2.40 bits per heavy atom. The molecule has 1 aliphatic heterocycles. The summed E-state index contributed by atoms with van der Waals surface area (Å²) in [6.45, 7) is 15.7. The van der Waals surface area contributed by atoms with Gasteiger partial charge in [-0.25, -0.2) is 4.98 Å². The Morgan fingerprint density at radius 2 is 1.93 bits per heavy atom. The standard InChI is InChI=1S/C19H35N3O5S2Si/c1-12(2)15(16(19(3,4)5)27-30(7)8)21-17(23)14-11-28-18(20-14)22-9-13(10-22)26-29(6,24)25/h11-13,15-16,30H,9-10H2,1-8H3,(H,21,23). The molecule has 1 aromatic heterocycles. The van der Waals surface area contributed by atoms with E-state index < -0.39 is 19.2 Å². The van der Waals surface area contributed by atoms with Gasteiger partial charge >= 0.3 is 0 Å². The molecule has 11 heteroatoms. The van der Waals surface area contributed by atoms with E-state index in [9.17, 15) is 13.2 Å². The lowest BCUT2D eigenvalue weighted by Gasteiger charge is -2.40. The molecule has 1 N–H and O–H groups in total. The van der Waals surface area contributed by atoms with Crippen LogP contribution >= 0.6 is 11.3 Å². The van der Waals surface area contributed by atoms with Crippen molar-refractivity contribution in [3.05, 3.63) is 11.1 Å². The van der Waals surface area contributed by atoms with E-state index in [1.807, 2.05) is 4.90 Å². The smallest absolute Gasteiger partial charge is 0.271 e. The highest BCUT2D eigenvalue weighted by Gasteiger charge is 2.37. The Morgan fingerprint density at radius 1 is 1.33 bits per heavy atom. The highest BCUT2D eigenvalue weighted by molar-refractivity contribution is 7.86. The number of nitrogens with zero attached hydrogens (tertiary/aromatic N) is 2. The molecule has 1 aromatic rings. The second kappa shape index (κ2) is 9.64. The average molecular weight is 478 g/mol. The van der Waals surface area contributed by atoms with Crippen molar-refractivity contribution in [2.45, 2.75) is 66.0 Å². The number of nitrogens with one attached hydrogen (secondary N) is 1. The predicted molar refractivity (Wildman–Crippen MR) is 123 cm³/mol. The number of hydrogen-bond acceptors (Lipinski definition) is 8. The van der Waals surface area contributed by atoms with E-state index in [1.54, 1.807) is 5.38 Å². The van der Waals surface area contributed by atoms with E-state index in [0.29, 0.717) is 23.9 Å². The molecule has 0 saturated carbocycles. The fourth-order valence-corrected chi connectivity index (χ4v) is 5.96. The summed E-state index contributed by atoms with van der Waals surface area (Å²) in [6.07, 6.45) is 0.593. The molecular weight excluding hydrogens is 442 g/mol. The number of carbonyl (C=O) groups is 1. The van der Waals surface area contributed by atoms with Gasteiger partial charge in [0.2, 0.25) is 0 Å². The Bertz CT molecular complexity index is 829. The lowest BCUT2D eigenvalue weighted by Crippen LogP contribution is -2.54. The SMILES string of the molecule is CC(C)C(NC(=O)c1csc(N2CC(OS(C)(=O)=O)C2)n1)C(O[SiH](C)C)C(C)(C)C. The zero-order chi connectivity index (χ0) is 22.9. The third-order valence-corrected chi connectivity index (χ3v) is 7.13. The molecule has 0 bridgehead atoms. The average Bonchev–Trinajstić information content (AvgIpc) is 3.00. The summed E-state index contributed by atoms with van der Waals surface area (Å²) in [5.74, 6) is -0.0164. The molecule has 0 aliphatic carbocycles. The van der Waals surface area contributed by atoms with E-state index in [0.717, 1.165) is 6.26 Å². The first kappa shape index (κ1) is 25.2. The van der Waals surface area contributed by atoms with Crippen molar-refractivity contribution >= 4 is 41.5 Å². The predicted octanol–water partition coefficient (Wildman–Crippen LogP) is 2.48. The lowest BCUT2D eigenvalue weighted by atomic mass is 9.81. The number of thiazole rings is 1. The van der Waals surface area contributed by atoms with E-state index in [2.05, 4.69) is 58.0 Å². The van der Waals surface area contributed by atoms with Crippen LogP contribution < -0.4 is 10.2 Å². The fraction of sp³-hybridized carbons (Fsp3) is 0.789. The van der Waals surface area contributed by atoms with Crippen molar-refractivity contribution in [2.75, 3.05) is 24.2 Å². The van der Waals surface area contributed by atoms with E-state index in [-0.39, 0.29) is 35.5 Å². The maximum Gasteiger partial charge on any atom is 0.271 e. The van der Waals surface area contributed by atoms with Gasteiger partial charge in [-0.3, -0.25) is 8.98 Å². The number of amides is 1. The van der Waals surface area contributed by atoms with Crippen LogP contribution in [0.15, 0.2) is 5.38 Å². The van der Waals surface area contributed by atoms with Crippen molar-refractivity contribution < 1.29 is 21.8 Å². The van der Waals surface area contributed by atoms with Gasteiger partial charge < -0.3 is 14.6 Å². The van der Waals surface area contributed by atoms with Gasteiger partial charge in [0.15, 0.2) is 14.2 Å². The quantitative estimate of drug-likeness (QED) is 0.431. The minimum absolute atomic E-state index is 0.0875. The van der Waals surface area contributed by atoms with Crippen molar-refractivity contribution in [1.29, 1.82) is 0 Å². The normalized spacial score (nSPS) is 17.9. The number of rotatable bonds is 9. The number of anilines is 1. The van der Waals surface area contributed by atoms with Crippen LogP contribution in [0.2, 0.25) is 13.1 Å². The largest absolute Gasteiger partial charge is 0.415 e. The Balaban J connectivity index is 2.05. The van der Waals surface area contributed by atoms with E-state index in [4.69, 9.17) is 8.61 Å². The third kappa shape index (κ3) is 7.01. The van der Waals surface area contributed by atoms with Crippen LogP contribution in [0.25, 0.3) is 0 Å². The first-order valence-electron chi connectivity index (χ1n) is 10.2. The number of carbonyl (C=O) groups excluding carboxylic acids is 1. The van der Waals surface area contributed by atoms with Crippen LogP contribution in [0.3, 0.4) is 0 Å². The molecule has 2 rings (SSSR count). The first-order chi connectivity index (χ1) is 13.7. The summed E-state index contributed by atoms with van der Waals surface area (Å²) in [6, 6.07) is -0.130. The van der Waals surface area contributed by atoms with E-state index >= 15 is 0 Å². The summed E-state index contributed by atoms with van der Waals surface area (Å²) >= 11 is 1.37. The minimum atomic E-state index is -3.47. The summed E-state index contributed by atoms with van der Waals surface area (Å²) in [7, 11) is -4.76. The molecule has 2 atom stereocenters. The summed E-state index contributed by atoms with van der Waals surface area (Å²) in [5, 5.41) is 5.57. The fourth-order valence-electron chi connectivity index (χ4n) is 3.35. The van der Waals surface area contributed by atoms with Gasteiger partial charge in [-0.1, -0.05) is 34.6 Å². The van der Waals surface area contributed by atoms with Gasteiger partial charge in [-0.15, -0.1) is 11.3 Å². The molecule has 172 valence electrons. The monoisotopic (exact) mass is 477 g/mol. The maximum absolute atomic E-state index is 12.9. The molecular formula is C19H35N3O5S2Si. The molecule has 1 amide bonds. The van der Waals surface area contributed by atoms with Gasteiger partial charge in [-0.2, -0.15) is 8.42 Å². The van der Waals surface area contributed by atoms with Crippen LogP contribution in [0.5, 0.6) is 0 Å². The van der Waals surface area contributed by atoms with Crippen LogP contribution in [-0.2, 0) is 18.7 Å². The van der Waals surface area contributed by atoms with Gasteiger partial charge in [0.05, 0.1) is 18.4 Å². The Hall–Kier alpha value is -1.01. The number of aromatic nitrogens is 1. The lowest BCUT2D eigenvalue weighted by molar-refractivity contribution is 0.0326. The van der Waals surface area contributed by atoms with Crippen LogP contribution in [0, 0.1) is 11.3 Å². The molecule has 1 saturated heterocycles. The second-order valence-electron chi connectivity index (χ2n) is 9.56. The second-order valence-corrected chi connectivity index (χ2v) is 14.4. The van der Waals surface area contributed by atoms with Crippen molar-refractivity contribution in [2.24, 2.45) is 11.3 Å². The Kier molecular flexibility index (Phi) is 8.11. The molecule has 0 aromatic carbocycles. The first-order valence-corrected chi connectivity index (χ1v) is 15.7. The van der Waals surface area contributed by atoms with Crippen molar-refractivity contribution in [3.8, 4) is 0 Å². The zero-order valence-electron chi connectivity index (χ0n) is 19.1. The third-order valence-electron chi connectivity index (χ3n) is 4.77. The number of hydrogen-bond donors (Lipinski definition) is 1. The maximum atomic E-state index is 12.9. The van der Waals surface area contributed by atoms with Gasteiger partial charge in [0.1, 0.15) is 11.8 Å². The highest BCUT2D eigenvalue weighted by atomic mass is 32.2. The molecule has 8 nitrogen and oxygen atoms in total. The molecule has 0 radical (unpaired) electrons. The summed E-state index contributed by atoms with van der Waals surface area (Å²) in [4.78, 5) is 19.3. The van der Waals surface area contributed by atoms with Crippen LogP contribution in [0.1, 0.15) is 45.1 Å². The molecule has 1 aliphatic rings. The van der Waals surface area contributed by atoms with Crippen molar-refractivity contribution in [3.63, 3.8) is 0 Å². The van der Waals surface area contributed by atoms with Crippen molar-refractivity contribution in [1.82, 2.24) is 10.3 Å². The topological polar surface area (TPSA) is 97.8 Å². The minimum Gasteiger partial charge on any atom is -0.415 e. The van der Waals surface area contributed by atoms with E-state index in [1.165, 1.54) is 11.3 Å². The van der Waals surface area contributed by atoms with Gasteiger partial charge in [0, 0.05) is 18.5 Å². The molecule has 30 heavy (non-hydrogen) atoms. The van der Waals surface area contributed by atoms with Crippen LogP contribution in [0.4, 0.5) is 5.13 Å².